The van der Waals surface area contributed by atoms with E-state index in [2.05, 4.69) is 11.6 Å². The van der Waals surface area contributed by atoms with Crippen LogP contribution >= 0.6 is 0 Å². The lowest BCUT2D eigenvalue weighted by molar-refractivity contribution is -0.121. The topological polar surface area (TPSA) is 32.7 Å². The molecule has 0 bridgehead atoms. The molecule has 1 aliphatic heterocycles. The molecule has 0 fully saturated rings. The number of hydrogen-bond donors (Lipinski definition) is 0. The number of carbonyl (C=O) groups is 1. The van der Waals surface area contributed by atoms with Gasteiger partial charge in [-0.25, -0.2) is 0 Å². The van der Waals surface area contributed by atoms with Gasteiger partial charge in [0.15, 0.2) is 0 Å². The van der Waals surface area contributed by atoms with E-state index in [4.69, 9.17) is 0 Å². The van der Waals surface area contributed by atoms with Crippen LogP contribution in [0.5, 0.6) is 0 Å². The lowest BCUT2D eigenvalue weighted by atomic mass is 10.0. The van der Waals surface area contributed by atoms with Gasteiger partial charge in [0, 0.05) is 13.5 Å². The SMILES string of the molecule is C=CCC(=O)C1C=CN(C)C1N=CC. The first kappa shape index (κ1) is 10.7. The quantitative estimate of drug-likeness (QED) is 0.501. The van der Waals surface area contributed by atoms with Gasteiger partial charge in [0.2, 0.25) is 0 Å². The van der Waals surface area contributed by atoms with Gasteiger partial charge in [-0.3, -0.25) is 9.79 Å². The Kier molecular flexibility index (Phi) is 3.63. The summed E-state index contributed by atoms with van der Waals surface area (Å²) in [7, 11) is 1.93. The Morgan fingerprint density at radius 1 is 1.71 bits per heavy atom. The molecule has 3 heteroatoms. The zero-order chi connectivity index (χ0) is 10.6. The van der Waals surface area contributed by atoms with Gasteiger partial charge < -0.3 is 4.90 Å². The highest BCUT2D eigenvalue weighted by Crippen LogP contribution is 2.22. The molecule has 2 unspecified atom stereocenters. The van der Waals surface area contributed by atoms with Crippen molar-refractivity contribution < 1.29 is 4.79 Å². The Hall–Kier alpha value is -1.38. The largest absolute Gasteiger partial charge is 0.359 e. The van der Waals surface area contributed by atoms with Crippen LogP contribution in [0.4, 0.5) is 0 Å². The molecule has 14 heavy (non-hydrogen) atoms. The van der Waals surface area contributed by atoms with Crippen LogP contribution in [0.1, 0.15) is 13.3 Å². The molecule has 1 rings (SSSR count). The van der Waals surface area contributed by atoms with Crippen LogP contribution in [-0.2, 0) is 4.79 Å². The number of Topliss-reactive ketones (excluding diaryl/α,β-unsaturated/α-hetero) is 1. The predicted molar refractivity (Wildman–Crippen MR) is 58.2 cm³/mol. The van der Waals surface area contributed by atoms with E-state index in [-0.39, 0.29) is 17.9 Å². The average molecular weight is 192 g/mol. The number of hydrogen-bond acceptors (Lipinski definition) is 3. The van der Waals surface area contributed by atoms with Crippen LogP contribution in [0.2, 0.25) is 0 Å². The fraction of sp³-hybridized carbons (Fsp3) is 0.455. The lowest BCUT2D eigenvalue weighted by Crippen LogP contribution is -2.31. The average Bonchev–Trinajstić information content (AvgIpc) is 2.50. The van der Waals surface area contributed by atoms with Crippen LogP contribution < -0.4 is 0 Å². The van der Waals surface area contributed by atoms with Crippen molar-refractivity contribution in [1.29, 1.82) is 0 Å². The normalized spacial score (nSPS) is 26.0. The summed E-state index contributed by atoms with van der Waals surface area (Å²) in [6.07, 6.45) is 7.54. The van der Waals surface area contributed by atoms with Crippen molar-refractivity contribution in [3.63, 3.8) is 0 Å². The van der Waals surface area contributed by atoms with E-state index in [1.807, 2.05) is 31.1 Å². The Balaban J connectivity index is 2.73. The summed E-state index contributed by atoms with van der Waals surface area (Å²) in [5.41, 5.74) is 0. The molecule has 1 heterocycles. The summed E-state index contributed by atoms with van der Waals surface area (Å²) in [5, 5.41) is 0. The maximum atomic E-state index is 11.7. The molecule has 0 radical (unpaired) electrons. The highest BCUT2D eigenvalue weighted by Gasteiger charge is 2.30. The molecule has 0 saturated carbocycles. The molecule has 2 atom stereocenters. The molecule has 0 amide bonds. The highest BCUT2D eigenvalue weighted by molar-refractivity contribution is 5.85. The third-order valence-electron chi connectivity index (χ3n) is 2.29. The van der Waals surface area contributed by atoms with Crippen molar-refractivity contribution in [3.05, 3.63) is 24.9 Å². The monoisotopic (exact) mass is 192 g/mol. The van der Waals surface area contributed by atoms with Crippen molar-refractivity contribution in [3.8, 4) is 0 Å². The lowest BCUT2D eigenvalue weighted by Gasteiger charge is -2.21. The van der Waals surface area contributed by atoms with Gasteiger partial charge in [0.05, 0.1) is 5.92 Å². The van der Waals surface area contributed by atoms with E-state index in [1.165, 1.54) is 0 Å². The number of allylic oxidation sites excluding steroid dienone is 1. The third kappa shape index (κ3) is 2.10. The number of nitrogens with zero attached hydrogens (tertiary/aromatic N) is 2. The standard InChI is InChI=1S/C11H16N2O/c1-4-6-10(14)9-7-8-13(3)11(9)12-5-2/h4-5,7-9,11H,1,6H2,2-3H3. The molecule has 0 saturated heterocycles. The van der Waals surface area contributed by atoms with Crippen molar-refractivity contribution in [2.45, 2.75) is 19.5 Å². The maximum absolute atomic E-state index is 11.7. The summed E-state index contributed by atoms with van der Waals surface area (Å²) >= 11 is 0. The van der Waals surface area contributed by atoms with Crippen LogP contribution in [0.3, 0.4) is 0 Å². The molecule has 1 aliphatic rings. The molecule has 0 N–H and O–H groups in total. The molecule has 3 nitrogen and oxygen atoms in total. The van der Waals surface area contributed by atoms with E-state index in [0.29, 0.717) is 6.42 Å². The second-order valence-electron chi connectivity index (χ2n) is 3.31. The summed E-state index contributed by atoms with van der Waals surface area (Å²) < 4.78 is 0. The minimum atomic E-state index is -0.116. The predicted octanol–water partition coefficient (Wildman–Crippen LogP) is 1.62. The number of ketones is 1. The summed E-state index contributed by atoms with van der Waals surface area (Å²) in [6.45, 7) is 5.43. The fourth-order valence-electron chi connectivity index (χ4n) is 1.57. The summed E-state index contributed by atoms with van der Waals surface area (Å²) in [4.78, 5) is 17.9. The maximum Gasteiger partial charge on any atom is 0.147 e. The summed E-state index contributed by atoms with van der Waals surface area (Å²) in [6, 6.07) is 0. The zero-order valence-corrected chi connectivity index (χ0v) is 8.68. The van der Waals surface area contributed by atoms with E-state index >= 15 is 0 Å². The van der Waals surface area contributed by atoms with Crippen LogP contribution in [0.25, 0.3) is 0 Å². The van der Waals surface area contributed by atoms with Crippen LogP contribution in [0, 0.1) is 5.92 Å². The first-order chi connectivity index (χ1) is 6.70. The third-order valence-corrected chi connectivity index (χ3v) is 2.29. The molecule has 76 valence electrons. The Morgan fingerprint density at radius 2 is 2.43 bits per heavy atom. The van der Waals surface area contributed by atoms with E-state index < -0.39 is 0 Å². The smallest absolute Gasteiger partial charge is 0.147 e. The van der Waals surface area contributed by atoms with E-state index in [0.717, 1.165) is 0 Å². The van der Waals surface area contributed by atoms with Crippen molar-refractivity contribution in [1.82, 2.24) is 4.90 Å². The first-order valence-corrected chi connectivity index (χ1v) is 4.72. The molecule has 0 spiro atoms. The summed E-state index contributed by atoms with van der Waals surface area (Å²) in [5.74, 6) is 0.0606. The van der Waals surface area contributed by atoms with Gasteiger partial charge in [-0.2, -0.15) is 0 Å². The second-order valence-corrected chi connectivity index (χ2v) is 3.31. The van der Waals surface area contributed by atoms with Crippen molar-refractivity contribution in [2.24, 2.45) is 10.9 Å². The second kappa shape index (κ2) is 4.74. The van der Waals surface area contributed by atoms with Gasteiger partial charge in [-0.05, 0) is 19.3 Å². The first-order valence-electron chi connectivity index (χ1n) is 4.72. The minimum absolute atomic E-state index is 0.0625. The van der Waals surface area contributed by atoms with Gasteiger partial charge in [-0.15, -0.1) is 6.58 Å². The van der Waals surface area contributed by atoms with Crippen LogP contribution in [-0.4, -0.2) is 30.1 Å². The molecule has 0 aromatic carbocycles. The fourth-order valence-corrected chi connectivity index (χ4v) is 1.57. The molecular formula is C11H16N2O. The molecular weight excluding hydrogens is 176 g/mol. The highest BCUT2D eigenvalue weighted by atomic mass is 16.1. The number of carbonyl (C=O) groups excluding carboxylic acids is 1. The number of aliphatic imine (C=N–C) groups is 1. The van der Waals surface area contributed by atoms with Crippen LogP contribution in [0.15, 0.2) is 29.9 Å². The molecule has 0 aliphatic carbocycles. The molecule has 0 aromatic rings. The van der Waals surface area contributed by atoms with Crippen molar-refractivity contribution >= 4 is 12.0 Å². The zero-order valence-electron chi connectivity index (χ0n) is 8.68. The Bertz CT molecular complexity index is 281. The van der Waals surface area contributed by atoms with Gasteiger partial charge in [0.25, 0.3) is 0 Å². The van der Waals surface area contributed by atoms with Gasteiger partial charge >= 0.3 is 0 Å². The minimum Gasteiger partial charge on any atom is -0.359 e. The van der Waals surface area contributed by atoms with E-state index in [9.17, 15) is 4.79 Å². The molecule has 0 aromatic heterocycles. The number of rotatable bonds is 4. The van der Waals surface area contributed by atoms with Gasteiger partial charge in [-0.1, -0.05) is 12.2 Å². The Labute approximate surface area is 84.8 Å². The Morgan fingerprint density at radius 3 is 3.00 bits per heavy atom. The van der Waals surface area contributed by atoms with Gasteiger partial charge in [0.1, 0.15) is 11.9 Å². The van der Waals surface area contributed by atoms with Crippen molar-refractivity contribution in [2.75, 3.05) is 7.05 Å². The van der Waals surface area contributed by atoms with E-state index in [1.54, 1.807) is 12.3 Å².